The number of aliphatic hydroxyl groups excluding tert-OH is 1. The van der Waals surface area contributed by atoms with E-state index in [4.69, 9.17) is 5.11 Å². The van der Waals surface area contributed by atoms with E-state index < -0.39 is 17.2 Å². The van der Waals surface area contributed by atoms with Crippen LogP contribution < -0.4 is 16.6 Å². The number of rotatable bonds is 4. The molecule has 1 amide bonds. The summed E-state index contributed by atoms with van der Waals surface area (Å²) in [4.78, 5) is 37.9. The number of aromatic amines is 2. The minimum absolute atomic E-state index is 0.0231. The van der Waals surface area contributed by atoms with Gasteiger partial charge in [0, 0.05) is 18.2 Å². The summed E-state index contributed by atoms with van der Waals surface area (Å²) in [5, 5.41) is 11.6. The lowest BCUT2D eigenvalue weighted by Gasteiger charge is -2.12. The fourth-order valence-electron chi connectivity index (χ4n) is 1.51. The summed E-state index contributed by atoms with van der Waals surface area (Å²) in [5.74, 6) is -0.553. The van der Waals surface area contributed by atoms with Crippen LogP contribution >= 0.6 is 0 Å². The van der Waals surface area contributed by atoms with Gasteiger partial charge in [-0.1, -0.05) is 0 Å². The molecule has 0 spiro atoms. The molecule has 7 heteroatoms. The van der Waals surface area contributed by atoms with Crippen LogP contribution in [-0.4, -0.2) is 34.1 Å². The highest BCUT2D eigenvalue weighted by Crippen LogP contribution is 2.44. The fourth-order valence-corrected chi connectivity index (χ4v) is 1.51. The topological polar surface area (TPSA) is 115 Å². The van der Waals surface area contributed by atoms with Gasteiger partial charge in [0.15, 0.2) is 0 Å². The molecule has 1 aromatic heterocycles. The number of aromatic nitrogens is 2. The van der Waals surface area contributed by atoms with Crippen LogP contribution in [0.25, 0.3) is 0 Å². The van der Waals surface area contributed by atoms with Crippen molar-refractivity contribution < 1.29 is 9.90 Å². The summed E-state index contributed by atoms with van der Waals surface area (Å²) in [6.07, 6.45) is 2.81. The van der Waals surface area contributed by atoms with E-state index in [1.165, 1.54) is 0 Å². The van der Waals surface area contributed by atoms with Crippen LogP contribution in [0.1, 0.15) is 23.2 Å². The van der Waals surface area contributed by atoms with Crippen LogP contribution in [-0.2, 0) is 0 Å². The molecular formula is C10H13N3O4. The van der Waals surface area contributed by atoms with Crippen molar-refractivity contribution in [2.75, 3.05) is 13.2 Å². The van der Waals surface area contributed by atoms with Crippen molar-refractivity contribution in [2.24, 2.45) is 5.41 Å². The van der Waals surface area contributed by atoms with E-state index >= 15 is 0 Å². The Hall–Kier alpha value is -1.89. The second-order valence-corrected chi connectivity index (χ2v) is 4.33. The van der Waals surface area contributed by atoms with Gasteiger partial charge >= 0.3 is 5.69 Å². The number of amides is 1. The Morgan fingerprint density at radius 1 is 1.47 bits per heavy atom. The van der Waals surface area contributed by atoms with E-state index in [1.807, 2.05) is 4.98 Å². The molecule has 0 aromatic carbocycles. The van der Waals surface area contributed by atoms with Gasteiger partial charge in [-0.15, -0.1) is 0 Å². The molecule has 1 saturated carbocycles. The van der Waals surface area contributed by atoms with Crippen LogP contribution in [0.3, 0.4) is 0 Å². The maximum Gasteiger partial charge on any atom is 0.325 e. The molecule has 2 rings (SSSR count). The minimum Gasteiger partial charge on any atom is -0.396 e. The van der Waals surface area contributed by atoms with Crippen molar-refractivity contribution in [1.29, 1.82) is 0 Å². The number of nitrogens with one attached hydrogen (secondary N) is 3. The van der Waals surface area contributed by atoms with Crippen LogP contribution in [0, 0.1) is 5.41 Å². The van der Waals surface area contributed by atoms with Gasteiger partial charge in [0.2, 0.25) is 0 Å². The SMILES string of the molecule is O=C(NCC1(CO)CC1)c1c[nH]c(=O)[nH]c1=O. The highest BCUT2D eigenvalue weighted by molar-refractivity contribution is 5.93. The van der Waals surface area contributed by atoms with Gasteiger partial charge < -0.3 is 15.4 Å². The van der Waals surface area contributed by atoms with E-state index in [1.54, 1.807) is 0 Å². The molecule has 92 valence electrons. The zero-order valence-corrected chi connectivity index (χ0v) is 9.08. The Bertz CT molecular complexity index is 541. The molecule has 0 unspecified atom stereocenters. The zero-order valence-electron chi connectivity index (χ0n) is 9.08. The summed E-state index contributed by atoms with van der Waals surface area (Å²) in [5.41, 5.74) is -1.73. The maximum absolute atomic E-state index is 11.6. The second-order valence-electron chi connectivity index (χ2n) is 4.33. The molecule has 1 aliphatic rings. The Morgan fingerprint density at radius 3 is 2.71 bits per heavy atom. The lowest BCUT2D eigenvalue weighted by atomic mass is 10.1. The Morgan fingerprint density at radius 2 is 2.18 bits per heavy atom. The smallest absolute Gasteiger partial charge is 0.325 e. The zero-order chi connectivity index (χ0) is 12.5. The van der Waals surface area contributed by atoms with Gasteiger partial charge in [0.05, 0.1) is 6.61 Å². The standard InChI is InChI=1S/C10H13N3O4/c14-5-10(1-2-10)4-12-7(15)6-3-11-9(17)13-8(6)16/h3,14H,1-2,4-5H2,(H,12,15)(H2,11,13,16,17). The molecule has 1 aromatic rings. The van der Waals surface area contributed by atoms with Gasteiger partial charge in [-0.3, -0.25) is 14.6 Å². The summed E-state index contributed by atoms with van der Waals surface area (Å²) in [7, 11) is 0. The van der Waals surface area contributed by atoms with Gasteiger partial charge in [0.1, 0.15) is 5.56 Å². The number of H-pyrrole nitrogens is 2. The Kier molecular flexibility index (Phi) is 2.84. The molecule has 1 fully saturated rings. The van der Waals surface area contributed by atoms with Gasteiger partial charge in [-0.2, -0.15) is 0 Å². The van der Waals surface area contributed by atoms with Crippen LogP contribution in [0.4, 0.5) is 0 Å². The number of hydrogen-bond donors (Lipinski definition) is 4. The van der Waals surface area contributed by atoms with Crippen molar-refractivity contribution in [3.8, 4) is 0 Å². The third kappa shape index (κ3) is 2.44. The lowest BCUT2D eigenvalue weighted by molar-refractivity contribution is 0.0933. The van der Waals surface area contributed by atoms with Crippen LogP contribution in [0.15, 0.2) is 15.8 Å². The van der Waals surface area contributed by atoms with Crippen molar-refractivity contribution >= 4 is 5.91 Å². The normalized spacial score (nSPS) is 16.5. The monoisotopic (exact) mass is 239 g/mol. The van der Waals surface area contributed by atoms with Crippen LogP contribution in [0.5, 0.6) is 0 Å². The van der Waals surface area contributed by atoms with Crippen molar-refractivity contribution in [3.05, 3.63) is 32.6 Å². The summed E-state index contributed by atoms with van der Waals surface area (Å²) in [6.45, 7) is 0.357. The largest absolute Gasteiger partial charge is 0.396 e. The van der Waals surface area contributed by atoms with E-state index in [-0.39, 0.29) is 17.6 Å². The first kappa shape index (κ1) is 11.6. The predicted octanol–water partition coefficient (Wildman–Crippen LogP) is -1.43. The molecule has 1 heterocycles. The number of aliphatic hydroxyl groups is 1. The lowest BCUT2D eigenvalue weighted by Crippen LogP contribution is -2.36. The Balaban J connectivity index is 2.05. The molecule has 0 aliphatic heterocycles. The molecule has 0 radical (unpaired) electrons. The van der Waals surface area contributed by atoms with Crippen molar-refractivity contribution in [2.45, 2.75) is 12.8 Å². The first-order chi connectivity index (χ1) is 8.06. The summed E-state index contributed by atoms with van der Waals surface area (Å²) >= 11 is 0. The first-order valence-electron chi connectivity index (χ1n) is 5.27. The first-order valence-corrected chi connectivity index (χ1v) is 5.27. The summed E-state index contributed by atoms with van der Waals surface area (Å²) in [6, 6.07) is 0. The molecule has 17 heavy (non-hydrogen) atoms. The highest BCUT2D eigenvalue weighted by atomic mass is 16.3. The third-order valence-electron chi connectivity index (χ3n) is 2.98. The fraction of sp³-hybridized carbons (Fsp3) is 0.500. The quantitative estimate of drug-likeness (QED) is 0.515. The van der Waals surface area contributed by atoms with Gasteiger partial charge in [-0.25, -0.2) is 4.79 Å². The average Bonchev–Trinajstić information content (AvgIpc) is 3.07. The summed E-state index contributed by atoms with van der Waals surface area (Å²) < 4.78 is 0. The molecule has 1 aliphatic carbocycles. The predicted molar refractivity (Wildman–Crippen MR) is 58.8 cm³/mol. The van der Waals surface area contributed by atoms with Gasteiger partial charge in [0.25, 0.3) is 11.5 Å². The molecule has 4 N–H and O–H groups in total. The third-order valence-corrected chi connectivity index (χ3v) is 2.98. The van der Waals surface area contributed by atoms with Crippen molar-refractivity contribution in [3.63, 3.8) is 0 Å². The van der Waals surface area contributed by atoms with Crippen LogP contribution in [0.2, 0.25) is 0 Å². The average molecular weight is 239 g/mol. The van der Waals surface area contributed by atoms with E-state index in [0.717, 1.165) is 19.0 Å². The molecular weight excluding hydrogens is 226 g/mol. The maximum atomic E-state index is 11.6. The van der Waals surface area contributed by atoms with Crippen molar-refractivity contribution in [1.82, 2.24) is 15.3 Å². The van der Waals surface area contributed by atoms with Gasteiger partial charge in [-0.05, 0) is 12.8 Å². The molecule has 0 saturated heterocycles. The highest BCUT2D eigenvalue weighted by Gasteiger charge is 2.42. The second kappa shape index (κ2) is 4.17. The number of hydrogen-bond acceptors (Lipinski definition) is 4. The molecule has 0 bridgehead atoms. The van der Waals surface area contributed by atoms with E-state index in [2.05, 4.69) is 10.3 Å². The number of carbonyl (C=O) groups excluding carboxylic acids is 1. The van der Waals surface area contributed by atoms with E-state index in [0.29, 0.717) is 6.54 Å². The minimum atomic E-state index is -0.722. The molecule has 7 nitrogen and oxygen atoms in total. The number of carbonyl (C=O) groups is 1. The van der Waals surface area contributed by atoms with E-state index in [9.17, 15) is 14.4 Å². The molecule has 0 atom stereocenters. The Labute approximate surface area is 95.9 Å².